The molecule has 0 atom stereocenters. The highest BCUT2D eigenvalue weighted by molar-refractivity contribution is 5.28. The van der Waals surface area contributed by atoms with Crippen LogP contribution in [0.15, 0.2) is 141 Å². The molecule has 22 nitrogen and oxygen atoms in total. The van der Waals surface area contributed by atoms with Gasteiger partial charge in [-0.1, -0.05) is 125 Å². The summed E-state index contributed by atoms with van der Waals surface area (Å²) in [7, 11) is 0. The Balaban J connectivity index is 0.000000693. The van der Waals surface area contributed by atoms with Crippen molar-refractivity contribution in [1.29, 1.82) is 5.26 Å². The molecular formula is C81H98F20N14O8. The number of nitrogens with zero attached hydrogens (tertiary/aromatic N) is 14. The second kappa shape index (κ2) is 55.6. The summed E-state index contributed by atoms with van der Waals surface area (Å²) >= 11 is 0. The average molecular weight is 1780 g/mol. The molecule has 0 saturated carbocycles. The zero-order valence-electron chi connectivity index (χ0n) is 70.2. The molecule has 0 N–H and O–H groups in total. The van der Waals surface area contributed by atoms with E-state index in [9.17, 15) is 87.8 Å². The van der Waals surface area contributed by atoms with Crippen molar-refractivity contribution in [3.8, 4) is 52.1 Å². The van der Waals surface area contributed by atoms with Crippen LogP contribution < -0.4 is 37.9 Å². The largest absolute Gasteiger partial charge is 0.573 e. The summed E-state index contributed by atoms with van der Waals surface area (Å²) in [6, 6.07) is 18.3. The lowest BCUT2D eigenvalue weighted by Crippen LogP contribution is -2.19. The van der Waals surface area contributed by atoms with Crippen LogP contribution in [0, 0.1) is 11.3 Å². The number of rotatable bonds is 25. The highest BCUT2D eigenvalue weighted by atomic mass is 19.4. The SMILES string of the molecule is CC(C)c1ccc(C#N)cn1.CC(C)c1ccc(OC(F)(F)F)cn1.CC(C)c1ccc(OC(F)F)cn1.CC(C)c1ccc(OCC(F)(F)F)cn1.CC(C)c1ccc(OCC(F)F)cn1.CC(C)c1ncc(OC(F)(F)F)cn1.CC(C)c1ncc(OC(F)F)cn1.CC(C)c1ncc(OCC(F)(F)F)cn1.CC(C)c1ncc(OCC(F)F)cn1. The lowest BCUT2D eigenvalue weighted by Gasteiger charge is -2.09. The van der Waals surface area contributed by atoms with Gasteiger partial charge in [0.2, 0.25) is 0 Å². The third kappa shape index (κ3) is 53.2. The van der Waals surface area contributed by atoms with Gasteiger partial charge in [-0.2, -0.15) is 49.2 Å². The van der Waals surface area contributed by atoms with Crippen LogP contribution in [0.1, 0.15) is 235 Å². The van der Waals surface area contributed by atoms with Crippen LogP contribution in [0.2, 0.25) is 0 Å². The fourth-order valence-electron chi connectivity index (χ4n) is 7.93. The van der Waals surface area contributed by atoms with Gasteiger partial charge >= 0.3 is 38.3 Å². The fourth-order valence-corrected chi connectivity index (χ4v) is 7.93. The van der Waals surface area contributed by atoms with Gasteiger partial charge in [0, 0.05) is 58.3 Å². The number of ether oxygens (including phenoxy) is 8. The molecule has 9 rings (SSSR count). The number of aromatic nitrogens is 13. The Kier molecular flexibility index (Phi) is 49.5. The first kappa shape index (κ1) is 110. The predicted octanol–water partition coefficient (Wildman–Crippen LogP) is 23.5. The lowest BCUT2D eigenvalue weighted by molar-refractivity contribution is -0.275. The van der Waals surface area contributed by atoms with Crippen molar-refractivity contribution in [2.24, 2.45) is 0 Å². The van der Waals surface area contributed by atoms with Gasteiger partial charge in [-0.3, -0.25) is 24.9 Å². The Labute approximate surface area is 699 Å². The van der Waals surface area contributed by atoms with Crippen LogP contribution in [-0.4, -0.2) is 142 Å². The average Bonchev–Trinajstić information content (AvgIpc) is 0.866. The first-order chi connectivity index (χ1) is 57.1. The molecule has 9 aromatic heterocycles. The molecule has 680 valence electrons. The van der Waals surface area contributed by atoms with Crippen LogP contribution in [0.4, 0.5) is 87.8 Å². The fraction of sp³-hybridized carbons (Fsp3) is 0.481. The highest BCUT2D eigenvalue weighted by Crippen LogP contribution is 2.27. The van der Waals surface area contributed by atoms with E-state index in [1.54, 1.807) is 36.5 Å². The minimum atomic E-state index is -4.69. The van der Waals surface area contributed by atoms with Crippen LogP contribution >= 0.6 is 0 Å². The number of hydrogen-bond acceptors (Lipinski definition) is 22. The first-order valence-electron chi connectivity index (χ1n) is 37.2. The maximum Gasteiger partial charge on any atom is 0.573 e. The van der Waals surface area contributed by atoms with Crippen molar-refractivity contribution in [3.05, 3.63) is 199 Å². The molecule has 0 aliphatic carbocycles. The zero-order chi connectivity index (χ0) is 93.5. The van der Waals surface area contributed by atoms with Crippen molar-refractivity contribution in [2.45, 2.75) is 229 Å². The van der Waals surface area contributed by atoms with Crippen LogP contribution in [-0.2, 0) is 0 Å². The van der Waals surface area contributed by atoms with E-state index in [0.29, 0.717) is 52.4 Å². The molecule has 0 fully saturated rings. The summed E-state index contributed by atoms with van der Waals surface area (Å²) in [4.78, 5) is 50.9. The molecule has 42 heteroatoms. The Morgan fingerprint density at radius 1 is 0.268 bits per heavy atom. The standard InChI is InChI=1S/C10H12F3NO.C10H13F2NO.C9H11F3N2O.C9H10F3NO.C9H12F2N2O.C9H11F2NO.C9H10N2.C8H9F3N2O.C8H10F2N2O/c1-7(2)9-4-3-8(5-14-9)15-6-10(11,12)13;1-7(2)9-4-3-8(5-13-9)14-6-10(11)12;1-6(2)8-13-3-7(4-14-8)15-5-9(10,11)12;1-6(2)8-4-3-7(5-13-8)14-9(10,11)12;1-6(2)9-12-3-7(4-13-9)14-5-8(10)11;1-6(2)8-4-3-7(5-12-8)13-9(10)11;1-7(2)9-4-3-8(5-10)6-11-9;1-5(2)7-12-3-6(4-13-7)14-8(9,10)11;1-5(2)7-11-3-6(4-12-7)13-8(9)10/h3-5,7H,6H2,1-2H3;3-5,7,10H,6H2,1-2H3;3-4,6H,5H2,1-2H3;3-6H,1-2H3;3-4,6,8H,5H2,1-2H3;3-6,9H,1-2H3;3-4,6-7H,1-2H3;3-5H,1-2H3;3-5,8H,1-2H3. The third-order valence-electron chi connectivity index (χ3n) is 14.0. The first-order valence-corrected chi connectivity index (χ1v) is 37.2. The van der Waals surface area contributed by atoms with E-state index in [1.807, 2.05) is 123 Å². The minimum absolute atomic E-state index is 0.0144. The monoisotopic (exact) mass is 1770 g/mol. The van der Waals surface area contributed by atoms with Crippen LogP contribution in [0.3, 0.4) is 0 Å². The Morgan fingerprint density at radius 2 is 0.504 bits per heavy atom. The van der Waals surface area contributed by atoms with Crippen molar-refractivity contribution in [2.75, 3.05) is 26.4 Å². The van der Waals surface area contributed by atoms with E-state index in [4.69, 9.17) is 14.7 Å². The zero-order valence-corrected chi connectivity index (χ0v) is 70.2. The lowest BCUT2D eigenvalue weighted by atomic mass is 10.1. The van der Waals surface area contributed by atoms with Gasteiger partial charge in [0.1, 0.15) is 65.6 Å². The smallest absolute Gasteiger partial charge is 0.486 e. The summed E-state index contributed by atoms with van der Waals surface area (Å²) in [5.41, 5.74) is 5.00. The summed E-state index contributed by atoms with van der Waals surface area (Å²) in [6.45, 7) is 25.7. The Morgan fingerprint density at radius 3 is 0.756 bits per heavy atom. The van der Waals surface area contributed by atoms with Gasteiger partial charge in [-0.25, -0.2) is 57.4 Å². The summed E-state index contributed by atoms with van der Waals surface area (Å²) in [5.74, 6) is 4.68. The molecule has 0 aromatic carbocycles. The Bertz CT molecular complexity index is 4050. The quantitative estimate of drug-likeness (QED) is 0.0481. The molecule has 0 aliphatic heterocycles. The van der Waals surface area contributed by atoms with E-state index >= 15 is 0 Å². The molecule has 0 saturated heterocycles. The second-order valence-corrected chi connectivity index (χ2v) is 27.8. The number of hydrogen-bond donors (Lipinski definition) is 0. The molecule has 9 heterocycles. The molecule has 0 amide bonds. The minimum Gasteiger partial charge on any atom is -0.486 e. The number of nitriles is 1. The maximum atomic E-state index is 11.8. The molecule has 0 radical (unpaired) electrons. The van der Waals surface area contributed by atoms with Crippen LogP contribution in [0.5, 0.6) is 46.0 Å². The number of halogens is 20. The summed E-state index contributed by atoms with van der Waals surface area (Å²) in [5, 5.41) is 8.48. The van der Waals surface area contributed by atoms with Gasteiger partial charge < -0.3 is 37.9 Å². The van der Waals surface area contributed by atoms with Crippen molar-refractivity contribution >= 4 is 0 Å². The van der Waals surface area contributed by atoms with E-state index in [2.05, 4.69) is 107 Å². The molecular weight excluding hydrogens is 1680 g/mol. The maximum absolute atomic E-state index is 11.8. The van der Waals surface area contributed by atoms with E-state index < -0.39 is 83.3 Å². The van der Waals surface area contributed by atoms with Gasteiger partial charge in [0.25, 0.3) is 12.9 Å². The molecule has 0 aliphatic rings. The van der Waals surface area contributed by atoms with Crippen molar-refractivity contribution in [1.82, 2.24) is 64.8 Å². The van der Waals surface area contributed by atoms with Crippen molar-refractivity contribution in [3.63, 3.8) is 0 Å². The highest BCUT2D eigenvalue weighted by Gasteiger charge is 2.33. The predicted molar refractivity (Wildman–Crippen MR) is 414 cm³/mol. The normalized spacial score (nSPS) is 11.3. The van der Waals surface area contributed by atoms with Crippen LogP contribution in [0.25, 0.3) is 0 Å². The topological polar surface area (TPSA) is 265 Å². The van der Waals surface area contributed by atoms with Gasteiger partial charge in [-0.15, -0.1) is 26.3 Å². The third-order valence-corrected chi connectivity index (χ3v) is 14.0. The van der Waals surface area contributed by atoms with Crippen molar-refractivity contribution < 1.29 is 126 Å². The van der Waals surface area contributed by atoms with E-state index in [0.717, 1.165) is 47.1 Å². The molecule has 0 spiro atoms. The van der Waals surface area contributed by atoms with E-state index in [1.165, 1.54) is 80.0 Å². The molecule has 123 heavy (non-hydrogen) atoms. The van der Waals surface area contributed by atoms with Gasteiger partial charge in [0.15, 0.2) is 36.2 Å². The number of pyridine rings is 5. The van der Waals surface area contributed by atoms with Gasteiger partial charge in [-0.05, 0) is 90.3 Å². The van der Waals surface area contributed by atoms with E-state index in [-0.39, 0.29) is 70.0 Å². The molecule has 0 unspecified atom stereocenters. The molecule has 9 aromatic rings. The van der Waals surface area contributed by atoms with Gasteiger partial charge in [0.05, 0.1) is 79.9 Å². The summed E-state index contributed by atoms with van der Waals surface area (Å²) in [6.07, 6.45) is -6.33. The second-order valence-electron chi connectivity index (χ2n) is 27.8. The molecule has 0 bridgehead atoms. The summed E-state index contributed by atoms with van der Waals surface area (Å²) < 4.78 is 269. The number of alkyl halides is 20. The Hall–Kier alpha value is -11.4.